The molecule has 8 nitrogen and oxygen atoms in total. The largest absolute Gasteiger partial charge is 0.467 e. The Hall–Kier alpha value is -4.27. The van der Waals surface area contributed by atoms with Gasteiger partial charge in [0.1, 0.15) is 17.3 Å². The standard InChI is InChI=1S/C21H15FN4O4/c22-18-9-2-1-8-17(18)19-12-20(21(27)23-13-16-7-4-10-30-16)25(24-19)14-5-3-6-15(11-14)26(28)29/h1-12H,13H2,(H,23,27). The number of non-ortho nitro benzene ring substituents is 1. The molecule has 0 saturated carbocycles. The average molecular weight is 406 g/mol. The van der Waals surface area contributed by atoms with Crippen LogP contribution in [0.1, 0.15) is 16.2 Å². The predicted molar refractivity (Wildman–Crippen MR) is 105 cm³/mol. The fourth-order valence-electron chi connectivity index (χ4n) is 2.95. The Labute approximate surface area is 169 Å². The fraction of sp³-hybridized carbons (Fsp3) is 0.0476. The van der Waals surface area contributed by atoms with E-state index in [-0.39, 0.29) is 29.2 Å². The maximum atomic E-state index is 14.3. The Kier molecular flexibility index (Phi) is 5.08. The van der Waals surface area contributed by atoms with Crippen molar-refractivity contribution in [2.75, 3.05) is 0 Å². The Morgan fingerprint density at radius 3 is 2.70 bits per heavy atom. The Balaban J connectivity index is 1.76. The van der Waals surface area contributed by atoms with Crippen molar-refractivity contribution in [3.8, 4) is 16.9 Å². The molecule has 9 heteroatoms. The van der Waals surface area contributed by atoms with Crippen molar-refractivity contribution in [3.05, 3.63) is 100 Å². The second-order valence-corrected chi connectivity index (χ2v) is 6.35. The van der Waals surface area contributed by atoms with Crippen LogP contribution in [0, 0.1) is 15.9 Å². The van der Waals surface area contributed by atoms with Crippen LogP contribution in [-0.4, -0.2) is 20.6 Å². The first kappa shape index (κ1) is 19.1. The minimum absolute atomic E-state index is 0.0975. The summed E-state index contributed by atoms with van der Waals surface area (Å²) in [5.74, 6) is -0.434. The lowest BCUT2D eigenvalue weighted by molar-refractivity contribution is -0.384. The highest BCUT2D eigenvalue weighted by Crippen LogP contribution is 2.25. The second-order valence-electron chi connectivity index (χ2n) is 6.35. The van der Waals surface area contributed by atoms with Gasteiger partial charge in [-0.1, -0.05) is 18.2 Å². The highest BCUT2D eigenvalue weighted by Gasteiger charge is 2.20. The summed E-state index contributed by atoms with van der Waals surface area (Å²) in [7, 11) is 0. The fourth-order valence-corrected chi connectivity index (χ4v) is 2.95. The number of carbonyl (C=O) groups is 1. The molecule has 2 aromatic carbocycles. The number of hydrogen-bond donors (Lipinski definition) is 1. The van der Waals surface area contributed by atoms with Crippen molar-refractivity contribution in [2.45, 2.75) is 6.54 Å². The zero-order chi connectivity index (χ0) is 21.1. The third-order valence-corrected chi connectivity index (χ3v) is 4.38. The van der Waals surface area contributed by atoms with Gasteiger partial charge in [0.15, 0.2) is 0 Å². The molecule has 0 aliphatic carbocycles. The highest BCUT2D eigenvalue weighted by atomic mass is 19.1. The molecular weight excluding hydrogens is 391 g/mol. The van der Waals surface area contributed by atoms with Crippen LogP contribution in [0.4, 0.5) is 10.1 Å². The van der Waals surface area contributed by atoms with Crippen molar-refractivity contribution < 1.29 is 18.5 Å². The molecule has 0 aliphatic rings. The second kappa shape index (κ2) is 8.00. The molecule has 4 aromatic rings. The maximum absolute atomic E-state index is 14.3. The average Bonchev–Trinajstić information content (AvgIpc) is 3.42. The van der Waals surface area contributed by atoms with Gasteiger partial charge in [0.05, 0.1) is 29.1 Å². The van der Waals surface area contributed by atoms with Gasteiger partial charge in [-0.25, -0.2) is 9.07 Å². The molecule has 0 unspecified atom stereocenters. The van der Waals surface area contributed by atoms with E-state index in [0.717, 1.165) is 0 Å². The van der Waals surface area contributed by atoms with Gasteiger partial charge in [0.2, 0.25) is 0 Å². The number of nitrogens with one attached hydrogen (secondary N) is 1. The molecule has 1 amide bonds. The minimum atomic E-state index is -0.540. The third kappa shape index (κ3) is 3.81. The van der Waals surface area contributed by atoms with E-state index in [1.807, 2.05) is 0 Å². The predicted octanol–water partition coefficient (Wildman–Crippen LogP) is 4.11. The SMILES string of the molecule is O=C(NCc1ccco1)c1cc(-c2ccccc2F)nn1-c1cccc([N+](=O)[O-])c1. The molecule has 4 rings (SSSR count). The van der Waals surface area contributed by atoms with Crippen LogP contribution >= 0.6 is 0 Å². The summed E-state index contributed by atoms with van der Waals surface area (Å²) in [6.07, 6.45) is 1.49. The van der Waals surface area contributed by atoms with Crippen LogP contribution in [0.25, 0.3) is 16.9 Å². The zero-order valence-corrected chi connectivity index (χ0v) is 15.5. The third-order valence-electron chi connectivity index (χ3n) is 4.38. The monoisotopic (exact) mass is 406 g/mol. The number of furan rings is 1. The smallest absolute Gasteiger partial charge is 0.271 e. The minimum Gasteiger partial charge on any atom is -0.467 e. The number of hydrogen-bond acceptors (Lipinski definition) is 5. The van der Waals surface area contributed by atoms with Crippen molar-refractivity contribution in [2.24, 2.45) is 0 Å². The highest BCUT2D eigenvalue weighted by molar-refractivity contribution is 5.94. The number of benzene rings is 2. The summed E-state index contributed by atoms with van der Waals surface area (Å²) < 4.78 is 20.7. The molecule has 0 saturated heterocycles. The summed E-state index contributed by atoms with van der Waals surface area (Å²) in [6.45, 7) is 0.140. The number of carbonyl (C=O) groups excluding carboxylic acids is 1. The van der Waals surface area contributed by atoms with Crippen LogP contribution in [0.15, 0.2) is 77.4 Å². The number of rotatable bonds is 6. The van der Waals surface area contributed by atoms with Crippen molar-refractivity contribution >= 4 is 11.6 Å². The summed E-state index contributed by atoms with van der Waals surface area (Å²) in [4.78, 5) is 23.4. The number of nitrogens with zero attached hydrogens (tertiary/aromatic N) is 3. The first-order valence-electron chi connectivity index (χ1n) is 8.93. The zero-order valence-electron chi connectivity index (χ0n) is 15.5. The summed E-state index contributed by atoms with van der Waals surface area (Å²) in [6, 6.07) is 16.6. The molecule has 2 aromatic heterocycles. The molecule has 0 radical (unpaired) electrons. The van der Waals surface area contributed by atoms with Crippen molar-refractivity contribution in [1.29, 1.82) is 0 Å². The van der Waals surface area contributed by atoms with E-state index < -0.39 is 16.6 Å². The Morgan fingerprint density at radius 2 is 1.97 bits per heavy atom. The number of halogens is 1. The molecule has 0 spiro atoms. The Bertz CT molecular complexity index is 1220. The Morgan fingerprint density at radius 1 is 1.13 bits per heavy atom. The van der Waals surface area contributed by atoms with E-state index in [4.69, 9.17) is 4.42 Å². The number of aromatic nitrogens is 2. The molecule has 2 heterocycles. The molecular formula is C21H15FN4O4. The van der Waals surface area contributed by atoms with Crippen LogP contribution in [0.5, 0.6) is 0 Å². The lowest BCUT2D eigenvalue weighted by Crippen LogP contribution is -2.25. The van der Waals surface area contributed by atoms with Crippen LogP contribution < -0.4 is 5.32 Å². The normalized spacial score (nSPS) is 10.7. The molecule has 0 atom stereocenters. The van der Waals surface area contributed by atoms with Gasteiger partial charge in [-0.3, -0.25) is 14.9 Å². The number of amides is 1. The van der Waals surface area contributed by atoms with Crippen LogP contribution in [-0.2, 0) is 6.54 Å². The van der Waals surface area contributed by atoms with Gasteiger partial charge in [0.25, 0.3) is 11.6 Å². The van der Waals surface area contributed by atoms with E-state index in [9.17, 15) is 19.3 Å². The first-order valence-corrected chi connectivity index (χ1v) is 8.93. The number of nitro benzene ring substituents is 1. The summed E-state index contributed by atoms with van der Waals surface area (Å²) >= 11 is 0. The van der Waals surface area contributed by atoms with Crippen LogP contribution in [0.2, 0.25) is 0 Å². The first-order chi connectivity index (χ1) is 14.5. The molecule has 0 fully saturated rings. The lowest BCUT2D eigenvalue weighted by Gasteiger charge is -2.07. The van der Waals surface area contributed by atoms with E-state index in [0.29, 0.717) is 11.4 Å². The van der Waals surface area contributed by atoms with Gasteiger partial charge < -0.3 is 9.73 Å². The molecule has 1 N–H and O–H groups in total. The van der Waals surface area contributed by atoms with E-state index >= 15 is 0 Å². The number of nitro groups is 1. The van der Waals surface area contributed by atoms with Gasteiger partial charge in [-0.05, 0) is 36.4 Å². The van der Waals surface area contributed by atoms with Gasteiger partial charge in [-0.2, -0.15) is 5.10 Å². The van der Waals surface area contributed by atoms with E-state index in [2.05, 4.69) is 10.4 Å². The molecule has 0 aliphatic heterocycles. The summed E-state index contributed by atoms with van der Waals surface area (Å²) in [5, 5.41) is 18.2. The van der Waals surface area contributed by atoms with Crippen LogP contribution in [0.3, 0.4) is 0 Å². The van der Waals surface area contributed by atoms with Crippen molar-refractivity contribution in [3.63, 3.8) is 0 Å². The van der Waals surface area contributed by atoms with E-state index in [1.54, 1.807) is 36.4 Å². The summed E-state index contributed by atoms with van der Waals surface area (Å²) in [5.41, 5.74) is 0.678. The molecule has 30 heavy (non-hydrogen) atoms. The molecule has 0 bridgehead atoms. The topological polar surface area (TPSA) is 103 Å². The quantitative estimate of drug-likeness (QED) is 0.383. The van der Waals surface area contributed by atoms with Gasteiger partial charge in [-0.15, -0.1) is 0 Å². The van der Waals surface area contributed by atoms with Crippen molar-refractivity contribution in [1.82, 2.24) is 15.1 Å². The lowest BCUT2D eigenvalue weighted by atomic mass is 10.1. The van der Waals surface area contributed by atoms with Gasteiger partial charge in [0, 0.05) is 17.7 Å². The van der Waals surface area contributed by atoms with E-state index in [1.165, 1.54) is 41.3 Å². The maximum Gasteiger partial charge on any atom is 0.271 e. The van der Waals surface area contributed by atoms with Gasteiger partial charge >= 0.3 is 0 Å². The molecule has 150 valence electrons.